The Kier molecular flexibility index (Phi) is 7.36. The fourth-order valence-corrected chi connectivity index (χ4v) is 2.34. The minimum absolute atomic E-state index is 0. The normalized spacial score (nSPS) is 10.3. The number of benzene rings is 2. The van der Waals surface area contributed by atoms with Crippen molar-refractivity contribution in [1.82, 2.24) is 4.98 Å². The van der Waals surface area contributed by atoms with Crippen molar-refractivity contribution in [3.8, 4) is 0 Å². The minimum atomic E-state index is -0.212. The van der Waals surface area contributed by atoms with E-state index in [1.807, 2.05) is 59.9 Å². The topological polar surface area (TPSA) is 58.6 Å². The van der Waals surface area contributed by atoms with E-state index in [0.717, 1.165) is 17.1 Å². The molecule has 0 spiro atoms. The number of halogens is 2. The molecule has 0 saturated heterocycles. The van der Waals surface area contributed by atoms with E-state index >= 15 is 0 Å². The molecule has 1 amide bonds. The molecule has 0 unspecified atom stereocenters. The van der Waals surface area contributed by atoms with Crippen molar-refractivity contribution in [1.29, 1.82) is 0 Å². The van der Waals surface area contributed by atoms with E-state index in [0.29, 0.717) is 10.7 Å². The minimum Gasteiger partial charge on any atom is -1.00 e. The molecule has 0 bridgehead atoms. The highest BCUT2D eigenvalue weighted by molar-refractivity contribution is 6.30. The number of amides is 1. The molecule has 0 fully saturated rings. The zero-order valence-electron chi connectivity index (χ0n) is 13.8. The highest BCUT2D eigenvalue weighted by Crippen LogP contribution is 2.11. The van der Waals surface area contributed by atoms with Crippen LogP contribution in [-0.4, -0.2) is 10.9 Å². The van der Waals surface area contributed by atoms with Crippen molar-refractivity contribution in [3.63, 3.8) is 0 Å². The number of hydrogen-bond donors (Lipinski definition) is 2. The molecule has 3 rings (SSSR count). The Morgan fingerprint density at radius 1 is 1.00 bits per heavy atom. The molecule has 4 nitrogen and oxygen atoms in total. The first-order valence-electron chi connectivity index (χ1n) is 7.79. The summed E-state index contributed by atoms with van der Waals surface area (Å²) in [6.07, 6.45) is 4.85. The van der Waals surface area contributed by atoms with E-state index in [2.05, 4.69) is 10.3 Å². The van der Waals surface area contributed by atoms with Crippen LogP contribution in [0.4, 0.5) is 17.2 Å². The zero-order chi connectivity index (χ0) is 17.5. The number of nitrogens with zero attached hydrogens (tertiary/aromatic N) is 1. The SMILES string of the molecule is O=C(/C=C/c1ccc(Cl)cc1)Nc1ccc([NH2+]c2ccccc2)nc1.[Cl-]. The van der Waals surface area contributed by atoms with Crippen molar-refractivity contribution in [2.45, 2.75) is 0 Å². The van der Waals surface area contributed by atoms with Crippen molar-refractivity contribution in [3.05, 3.63) is 89.6 Å². The van der Waals surface area contributed by atoms with E-state index in [4.69, 9.17) is 11.6 Å². The molecular formula is C20H17Cl2N3O. The van der Waals surface area contributed by atoms with Gasteiger partial charge in [0.15, 0.2) is 0 Å². The Morgan fingerprint density at radius 2 is 1.73 bits per heavy atom. The van der Waals surface area contributed by atoms with Crippen LogP contribution in [0.5, 0.6) is 0 Å². The molecule has 2 aromatic carbocycles. The summed E-state index contributed by atoms with van der Waals surface area (Å²) in [4.78, 5) is 16.3. The van der Waals surface area contributed by atoms with Gasteiger partial charge in [-0.2, -0.15) is 0 Å². The van der Waals surface area contributed by atoms with Gasteiger partial charge in [-0.05, 0) is 42.0 Å². The van der Waals surface area contributed by atoms with Crippen LogP contribution in [0.25, 0.3) is 6.08 Å². The van der Waals surface area contributed by atoms with Crippen LogP contribution >= 0.6 is 11.6 Å². The second-order valence-corrected chi connectivity index (χ2v) is 5.84. The first kappa shape index (κ1) is 19.7. The fourth-order valence-electron chi connectivity index (χ4n) is 2.21. The maximum Gasteiger partial charge on any atom is 0.248 e. The molecule has 0 atom stereocenters. The van der Waals surface area contributed by atoms with Gasteiger partial charge in [0.05, 0.1) is 11.9 Å². The van der Waals surface area contributed by atoms with Gasteiger partial charge in [-0.3, -0.25) is 10.1 Å². The monoisotopic (exact) mass is 385 g/mol. The lowest BCUT2D eigenvalue weighted by Crippen LogP contribution is -3.00. The summed E-state index contributed by atoms with van der Waals surface area (Å²) in [5.41, 5.74) is 2.64. The number of rotatable bonds is 5. The molecule has 0 aliphatic carbocycles. The summed E-state index contributed by atoms with van der Waals surface area (Å²) >= 11 is 5.83. The second kappa shape index (κ2) is 9.73. The molecule has 3 N–H and O–H groups in total. The van der Waals surface area contributed by atoms with Gasteiger partial charge in [-0.25, -0.2) is 4.98 Å². The maximum absolute atomic E-state index is 12.0. The lowest BCUT2D eigenvalue weighted by Gasteiger charge is -2.03. The van der Waals surface area contributed by atoms with Crippen LogP contribution in [-0.2, 0) is 4.79 Å². The summed E-state index contributed by atoms with van der Waals surface area (Å²) < 4.78 is 0. The number of carbonyl (C=O) groups excluding carboxylic acids is 1. The van der Waals surface area contributed by atoms with Crippen LogP contribution in [0.1, 0.15) is 5.56 Å². The number of hydrogen-bond acceptors (Lipinski definition) is 2. The van der Waals surface area contributed by atoms with Crippen molar-refractivity contribution < 1.29 is 22.5 Å². The molecule has 0 saturated carbocycles. The summed E-state index contributed by atoms with van der Waals surface area (Å²) in [5, 5.41) is 5.43. The zero-order valence-corrected chi connectivity index (χ0v) is 15.3. The first-order chi connectivity index (χ1) is 12.2. The second-order valence-electron chi connectivity index (χ2n) is 5.40. The van der Waals surface area contributed by atoms with E-state index in [-0.39, 0.29) is 18.3 Å². The Hall–Kier alpha value is -2.66. The smallest absolute Gasteiger partial charge is 0.248 e. The standard InChI is InChI=1S/C20H16ClN3O.ClH/c21-16-9-6-15(7-10-16)8-13-20(25)24-18-11-12-19(22-14-18)23-17-4-2-1-3-5-17;/h1-14H,(H,22,23)(H,24,25);1H/b13-8+;. The number of para-hydroxylation sites is 1. The summed E-state index contributed by atoms with van der Waals surface area (Å²) in [6, 6.07) is 20.9. The first-order valence-corrected chi connectivity index (χ1v) is 8.17. The third kappa shape index (κ3) is 6.01. The van der Waals surface area contributed by atoms with Gasteiger partial charge in [0.2, 0.25) is 11.7 Å². The molecule has 0 aliphatic rings. The quantitative estimate of drug-likeness (QED) is 0.506. The molecule has 0 aliphatic heterocycles. The summed E-state index contributed by atoms with van der Waals surface area (Å²) in [7, 11) is 0. The van der Waals surface area contributed by atoms with E-state index < -0.39 is 0 Å². The average Bonchev–Trinajstić information content (AvgIpc) is 2.64. The molecule has 1 aromatic heterocycles. The Bertz CT molecular complexity index is 864. The number of nitrogens with two attached hydrogens (primary N) is 1. The summed E-state index contributed by atoms with van der Waals surface area (Å²) in [5.74, 6) is 0.623. The number of aromatic nitrogens is 1. The van der Waals surface area contributed by atoms with Gasteiger partial charge in [0.1, 0.15) is 5.69 Å². The highest BCUT2D eigenvalue weighted by atomic mass is 35.5. The number of anilines is 1. The number of pyridine rings is 1. The Morgan fingerprint density at radius 3 is 2.38 bits per heavy atom. The van der Waals surface area contributed by atoms with Gasteiger partial charge in [0.25, 0.3) is 0 Å². The van der Waals surface area contributed by atoms with Crippen molar-refractivity contribution in [2.75, 3.05) is 5.32 Å². The van der Waals surface area contributed by atoms with Gasteiger partial charge in [-0.1, -0.05) is 41.9 Å². The average molecular weight is 386 g/mol. The van der Waals surface area contributed by atoms with Gasteiger partial charge < -0.3 is 17.7 Å². The van der Waals surface area contributed by atoms with Crippen molar-refractivity contribution >= 4 is 40.8 Å². The third-order valence-corrected chi connectivity index (χ3v) is 3.72. The van der Waals surface area contributed by atoms with Crippen LogP contribution < -0.4 is 23.0 Å². The van der Waals surface area contributed by atoms with Crippen LogP contribution in [0.15, 0.2) is 79.0 Å². The van der Waals surface area contributed by atoms with E-state index in [1.54, 1.807) is 24.4 Å². The summed E-state index contributed by atoms with van der Waals surface area (Å²) in [6.45, 7) is 0. The number of quaternary nitrogens is 1. The van der Waals surface area contributed by atoms with Crippen molar-refractivity contribution in [2.24, 2.45) is 0 Å². The molecule has 6 heteroatoms. The molecule has 3 aromatic rings. The van der Waals surface area contributed by atoms with Crippen LogP contribution in [0.2, 0.25) is 5.02 Å². The Labute approximate surface area is 163 Å². The van der Waals surface area contributed by atoms with Gasteiger partial charge in [0, 0.05) is 17.2 Å². The Balaban J connectivity index is 0.00000243. The van der Waals surface area contributed by atoms with Crippen LogP contribution in [0.3, 0.4) is 0 Å². The molecule has 1 heterocycles. The third-order valence-electron chi connectivity index (χ3n) is 3.47. The fraction of sp³-hybridized carbons (Fsp3) is 0. The van der Waals surface area contributed by atoms with Crippen LogP contribution in [0, 0.1) is 0 Å². The lowest BCUT2D eigenvalue weighted by molar-refractivity contribution is -0.483. The molecular weight excluding hydrogens is 369 g/mol. The predicted molar refractivity (Wildman–Crippen MR) is 101 cm³/mol. The number of carbonyl (C=O) groups is 1. The van der Waals surface area contributed by atoms with E-state index in [9.17, 15) is 4.79 Å². The molecule has 0 radical (unpaired) electrons. The maximum atomic E-state index is 12.0. The van der Waals surface area contributed by atoms with Gasteiger partial charge >= 0.3 is 0 Å². The molecule has 26 heavy (non-hydrogen) atoms. The number of nitrogens with one attached hydrogen (secondary N) is 1. The molecule has 132 valence electrons. The van der Waals surface area contributed by atoms with Gasteiger partial charge in [-0.15, -0.1) is 0 Å². The lowest BCUT2D eigenvalue weighted by atomic mass is 10.2. The predicted octanol–water partition coefficient (Wildman–Crippen LogP) is 0.917. The van der Waals surface area contributed by atoms with E-state index in [1.165, 1.54) is 6.08 Å². The largest absolute Gasteiger partial charge is 1.00 e. The highest BCUT2D eigenvalue weighted by Gasteiger charge is 2.03.